The van der Waals surface area contributed by atoms with Crippen LogP contribution < -0.4 is 0 Å². The summed E-state index contributed by atoms with van der Waals surface area (Å²) in [5.74, 6) is -6.55. The lowest BCUT2D eigenvalue weighted by molar-refractivity contribution is -0.301. The smallest absolute Gasteiger partial charge is 0.338 e. The minimum Gasteiger partial charge on any atom is -0.464 e. The van der Waals surface area contributed by atoms with Crippen molar-refractivity contribution in [2.75, 3.05) is 34.3 Å². The quantitative estimate of drug-likeness (QED) is 0.0942. The summed E-state index contributed by atoms with van der Waals surface area (Å²) in [5.41, 5.74) is -9.42. The van der Waals surface area contributed by atoms with E-state index in [0.717, 1.165) is 0 Å². The van der Waals surface area contributed by atoms with Crippen molar-refractivity contribution in [3.8, 4) is 0 Å². The molecule has 2 saturated heterocycles. The first kappa shape index (κ1) is 60.3. The number of fused-ring (bicyclic) bond motifs is 5. The molecule has 6 aliphatic rings. The largest absolute Gasteiger partial charge is 0.464 e. The van der Waals surface area contributed by atoms with E-state index in [4.69, 9.17) is 23.7 Å². The van der Waals surface area contributed by atoms with Gasteiger partial charge in [-0.05, 0) is 150 Å². The number of esters is 3. The van der Waals surface area contributed by atoms with Crippen molar-refractivity contribution in [2.45, 2.75) is 224 Å². The SMILES string of the molecule is CC[C@H]1OC(=O)[C@H](C)[C@@H](O)[C@H](C)[C@@H](O[C@@H]2O[C@H](C)C[C@@H](N(C)C)C2OC(=O)CCCCOC(=O)[C@@]2(O)[C@H](C)CC3C4CCC5=CC(=O)C=C[C@]5(C)[C@@]4(F)[C@@H](O)C[C@@]32C)[C@](C)(O)C[C@@H](C)CN(C)[C@H](C)[C@@H](O)[C@]1(C)O. The second kappa shape index (κ2) is 22.4. The fraction of sp³-hybridized carbons (Fsp3) is 0.857. The second-order valence-electron chi connectivity index (χ2n) is 24.8. The number of carbonyl (C=O) groups is 4. The second-order valence-corrected chi connectivity index (χ2v) is 24.8. The maximum Gasteiger partial charge on any atom is 0.338 e. The van der Waals surface area contributed by atoms with E-state index >= 15 is 4.39 Å². The molecule has 2 aliphatic heterocycles. The number of likely N-dealkylation sites (N-methyl/N-ethyl adjacent to an activating group) is 2. The van der Waals surface area contributed by atoms with Gasteiger partial charge < -0.3 is 64.1 Å². The van der Waals surface area contributed by atoms with Crippen molar-refractivity contribution in [3.63, 3.8) is 0 Å². The molecule has 3 unspecified atom stereocenters. The first-order valence-corrected chi connectivity index (χ1v) is 27.3. The van der Waals surface area contributed by atoms with Crippen LogP contribution in [0.25, 0.3) is 0 Å². The van der Waals surface area contributed by atoms with E-state index in [1.807, 2.05) is 37.7 Å². The summed E-state index contributed by atoms with van der Waals surface area (Å²) in [6.45, 7) is 18.9. The molecule has 0 aromatic carbocycles. The number of halogens is 1. The first-order valence-electron chi connectivity index (χ1n) is 27.3. The summed E-state index contributed by atoms with van der Waals surface area (Å²) in [7, 11) is 5.48. The number of allylic oxidation sites excluding steroid dienone is 4. The molecule has 0 amide bonds. The first-order chi connectivity index (χ1) is 34.2. The van der Waals surface area contributed by atoms with Gasteiger partial charge in [0.25, 0.3) is 0 Å². The van der Waals surface area contributed by atoms with E-state index in [-0.39, 0.29) is 62.9 Å². The number of carbonyl (C=O) groups excluding carboxylic acids is 4. The summed E-state index contributed by atoms with van der Waals surface area (Å²) in [6.07, 6.45) is -2.69. The third-order valence-electron chi connectivity index (χ3n) is 19.2. The fourth-order valence-electron chi connectivity index (χ4n) is 14.7. The Kier molecular flexibility index (Phi) is 18.3. The van der Waals surface area contributed by atoms with E-state index in [0.29, 0.717) is 37.8 Å². The molecule has 4 aliphatic carbocycles. The maximum atomic E-state index is 17.7. The van der Waals surface area contributed by atoms with Gasteiger partial charge in [-0.25, -0.2) is 9.18 Å². The Balaban J connectivity index is 1.14. The normalized spacial score (nSPS) is 47.6. The summed E-state index contributed by atoms with van der Waals surface area (Å²) in [6, 6.07) is -1.00. The molecule has 3 saturated carbocycles. The molecular formula is C56H91FN2O15. The van der Waals surface area contributed by atoms with Gasteiger partial charge in [-0.15, -0.1) is 0 Å². The van der Waals surface area contributed by atoms with Crippen molar-refractivity contribution in [2.24, 2.45) is 46.3 Å². The van der Waals surface area contributed by atoms with Gasteiger partial charge in [-0.3, -0.25) is 14.4 Å². The maximum absolute atomic E-state index is 17.7. The van der Waals surface area contributed by atoms with Crippen molar-refractivity contribution in [1.29, 1.82) is 0 Å². The Bertz CT molecular complexity index is 2100. The lowest BCUT2D eigenvalue weighted by Gasteiger charge is -2.62. The molecule has 5 fully saturated rings. The summed E-state index contributed by atoms with van der Waals surface area (Å²) in [5, 5.41) is 71.6. The molecule has 22 atom stereocenters. The van der Waals surface area contributed by atoms with Gasteiger partial charge in [0, 0.05) is 41.7 Å². The van der Waals surface area contributed by atoms with Crippen molar-refractivity contribution >= 4 is 23.7 Å². The van der Waals surface area contributed by atoms with Crippen LogP contribution >= 0.6 is 0 Å². The number of aliphatic hydroxyl groups is 6. The number of ketones is 1. The monoisotopic (exact) mass is 1050 g/mol. The highest BCUT2D eigenvalue weighted by Crippen LogP contribution is 2.70. The zero-order valence-electron chi connectivity index (χ0n) is 46.6. The summed E-state index contributed by atoms with van der Waals surface area (Å²) < 4.78 is 48.7. The number of ether oxygens (including phenoxy) is 5. The summed E-state index contributed by atoms with van der Waals surface area (Å²) in [4.78, 5) is 57.7. The van der Waals surface area contributed by atoms with Crippen LogP contribution in [0.15, 0.2) is 23.8 Å². The minimum atomic E-state index is -2.11. The van der Waals surface area contributed by atoms with Crippen molar-refractivity contribution in [1.82, 2.24) is 9.80 Å². The molecule has 0 aromatic heterocycles. The van der Waals surface area contributed by atoms with Crippen LogP contribution in [0.3, 0.4) is 0 Å². The van der Waals surface area contributed by atoms with Crippen LogP contribution in [0.1, 0.15) is 140 Å². The third-order valence-corrected chi connectivity index (χ3v) is 19.2. The number of rotatable bonds is 11. The number of alkyl halides is 1. The number of hydrogen-bond acceptors (Lipinski definition) is 17. The molecule has 0 spiro atoms. The minimum absolute atomic E-state index is 0.0850. The van der Waals surface area contributed by atoms with Crippen LogP contribution in [-0.2, 0) is 42.9 Å². The number of aliphatic hydroxyl groups excluding tert-OH is 3. The zero-order chi connectivity index (χ0) is 55.4. The van der Waals surface area contributed by atoms with E-state index < -0.39 is 136 Å². The molecule has 6 N–H and O–H groups in total. The van der Waals surface area contributed by atoms with Crippen molar-refractivity contribution < 1.29 is 77.9 Å². The molecule has 17 nitrogen and oxygen atoms in total. The predicted molar refractivity (Wildman–Crippen MR) is 271 cm³/mol. The predicted octanol–water partition coefficient (Wildman–Crippen LogP) is 4.59. The molecule has 6 rings (SSSR count). The van der Waals surface area contributed by atoms with E-state index in [1.165, 1.54) is 26.0 Å². The molecule has 0 radical (unpaired) electrons. The lowest BCUT2D eigenvalue weighted by atomic mass is 9.45. The summed E-state index contributed by atoms with van der Waals surface area (Å²) >= 11 is 0. The Morgan fingerprint density at radius 3 is 2.24 bits per heavy atom. The number of unbranched alkanes of at least 4 members (excludes halogenated alkanes) is 1. The van der Waals surface area contributed by atoms with E-state index in [1.54, 1.807) is 61.6 Å². The molecule has 422 valence electrons. The molecule has 0 aromatic rings. The van der Waals surface area contributed by atoms with Gasteiger partial charge in [0.1, 0.15) is 17.8 Å². The molecule has 0 bridgehead atoms. The topological polar surface area (TPSA) is 242 Å². The lowest BCUT2D eigenvalue weighted by Crippen LogP contribution is -2.69. The molecule has 74 heavy (non-hydrogen) atoms. The van der Waals surface area contributed by atoms with Gasteiger partial charge in [0.05, 0.1) is 48.6 Å². The standard InChI is InChI=1S/C56H91FN2O15/c1-15-42-54(11,68)46(64)35(7)59(14)29-30(2)27-53(10,67)47(33(5)44(63)34(6)48(65)72-42)74-49-45(40(58(12)13)25-32(4)71-49)73-43(62)18-16-17-23-70-50(66)56(69)31(3)24-39-38-20-19-36-26-37(60)21-22-51(36,8)55(38,57)41(61)28-52(39,56)9/h21-22,26,30-35,38-42,44-47,49,61,63-64,67-69H,15-20,23-25,27-29H2,1-14H3/t30-,31-,32-,33+,34-,35-,38?,39?,40-,41+,42-,44+,45?,46-,47-,49+,51+,52+,53-,54-,55+,56+/m1/s1. The number of cyclic esters (lactones) is 1. The van der Waals surface area contributed by atoms with Gasteiger partial charge >= 0.3 is 17.9 Å². The Morgan fingerprint density at radius 2 is 1.61 bits per heavy atom. The van der Waals surface area contributed by atoms with Gasteiger partial charge in [0.2, 0.25) is 0 Å². The Labute approximate surface area is 438 Å². The highest BCUT2D eigenvalue weighted by molar-refractivity contribution is 6.01. The molecular weight excluding hydrogens is 960 g/mol. The fourth-order valence-corrected chi connectivity index (χ4v) is 14.7. The van der Waals surface area contributed by atoms with Gasteiger partial charge in [-0.2, -0.15) is 0 Å². The van der Waals surface area contributed by atoms with E-state index in [9.17, 15) is 49.8 Å². The van der Waals surface area contributed by atoms with Crippen LogP contribution in [-0.4, -0.2) is 182 Å². The Morgan fingerprint density at radius 1 is 0.946 bits per heavy atom. The van der Waals surface area contributed by atoms with Gasteiger partial charge in [-0.1, -0.05) is 46.3 Å². The van der Waals surface area contributed by atoms with Gasteiger partial charge in [0.15, 0.2) is 29.4 Å². The van der Waals surface area contributed by atoms with Crippen LogP contribution in [0.5, 0.6) is 0 Å². The number of hydrogen-bond donors (Lipinski definition) is 6. The van der Waals surface area contributed by atoms with Crippen LogP contribution in [0.4, 0.5) is 4.39 Å². The highest BCUT2D eigenvalue weighted by atomic mass is 19.1. The number of nitrogens with zero attached hydrogens (tertiary/aromatic N) is 2. The van der Waals surface area contributed by atoms with E-state index in [2.05, 4.69) is 0 Å². The molecule has 18 heteroatoms. The average molecular weight is 1050 g/mol. The van der Waals surface area contributed by atoms with Crippen LogP contribution in [0.2, 0.25) is 0 Å². The van der Waals surface area contributed by atoms with Crippen molar-refractivity contribution in [3.05, 3.63) is 23.8 Å². The van der Waals surface area contributed by atoms with Crippen LogP contribution in [0, 0.1) is 46.3 Å². The average Bonchev–Trinajstić information content (AvgIpc) is 3.52. The zero-order valence-corrected chi connectivity index (χ0v) is 46.6. The highest BCUT2D eigenvalue weighted by Gasteiger charge is 2.76. The Hall–Kier alpha value is -2.91. The molecule has 2 heterocycles. The third kappa shape index (κ3) is 10.8.